The smallest absolute Gasteiger partial charge is 0.119 e. The summed E-state index contributed by atoms with van der Waals surface area (Å²) in [5.41, 5.74) is 3.82. The first-order valence-corrected chi connectivity index (χ1v) is 8.23. The summed E-state index contributed by atoms with van der Waals surface area (Å²) in [5.74, 6) is 1.21. The van der Waals surface area contributed by atoms with Crippen molar-refractivity contribution in [1.29, 1.82) is 0 Å². The average Bonchev–Trinajstić information content (AvgIpc) is 2.93. The summed E-state index contributed by atoms with van der Waals surface area (Å²) < 4.78 is 5.39. The lowest BCUT2D eigenvalue weighted by Gasteiger charge is -2.52. The molecule has 2 atom stereocenters. The zero-order valence-corrected chi connectivity index (χ0v) is 13.4. The van der Waals surface area contributed by atoms with E-state index >= 15 is 0 Å². The second-order valence-corrected chi connectivity index (χ2v) is 6.80. The number of fused-ring (bicyclic) bond motifs is 5. The van der Waals surface area contributed by atoms with Crippen LogP contribution in [-0.2, 0) is 12.0 Å². The van der Waals surface area contributed by atoms with Crippen LogP contribution in [-0.4, -0.2) is 41.8 Å². The van der Waals surface area contributed by atoms with Crippen LogP contribution in [0.3, 0.4) is 0 Å². The van der Waals surface area contributed by atoms with Crippen LogP contribution >= 0.6 is 0 Å². The molecule has 0 amide bonds. The van der Waals surface area contributed by atoms with Crippen LogP contribution in [0.2, 0.25) is 0 Å². The summed E-state index contributed by atoms with van der Waals surface area (Å²) >= 11 is 0. The number of aliphatic hydroxyl groups excluding tert-OH is 1. The lowest BCUT2D eigenvalue weighted by atomic mass is 9.72. The summed E-state index contributed by atoms with van der Waals surface area (Å²) in [4.78, 5) is 6.22. The Morgan fingerprint density at radius 1 is 1.41 bits per heavy atom. The minimum Gasteiger partial charge on any atom is -0.497 e. The fraction of sp³-hybridized carbons (Fsp3) is 0.556. The number of hydrogen-bond donors (Lipinski definition) is 2. The van der Waals surface area contributed by atoms with Crippen molar-refractivity contribution in [3.05, 3.63) is 29.5 Å². The Kier molecular flexibility index (Phi) is 3.20. The van der Waals surface area contributed by atoms with E-state index in [4.69, 9.17) is 4.74 Å². The molecule has 0 saturated carbocycles. The number of hydrogen-bond acceptors (Lipinski definition) is 3. The SMILES string of the molecule is COc1ccc2[nH]c3c(c2c1)CCN1CCCC(CO)C31C. The van der Waals surface area contributed by atoms with Gasteiger partial charge >= 0.3 is 0 Å². The van der Waals surface area contributed by atoms with Gasteiger partial charge in [0.25, 0.3) is 0 Å². The number of aliphatic hydroxyl groups is 1. The number of methoxy groups -OCH3 is 1. The molecule has 1 saturated heterocycles. The number of H-pyrrole nitrogens is 1. The molecule has 3 heterocycles. The van der Waals surface area contributed by atoms with Gasteiger partial charge in [0.15, 0.2) is 0 Å². The maximum Gasteiger partial charge on any atom is 0.119 e. The Bertz CT molecular complexity index is 708. The number of benzene rings is 1. The monoisotopic (exact) mass is 300 g/mol. The Hall–Kier alpha value is -1.52. The zero-order valence-electron chi connectivity index (χ0n) is 13.4. The molecule has 0 spiro atoms. The number of piperidine rings is 1. The van der Waals surface area contributed by atoms with E-state index in [0.29, 0.717) is 5.92 Å². The Balaban J connectivity index is 1.92. The molecule has 0 radical (unpaired) electrons. The number of ether oxygens (including phenoxy) is 1. The highest BCUT2D eigenvalue weighted by Gasteiger charge is 2.47. The van der Waals surface area contributed by atoms with Crippen molar-refractivity contribution in [2.24, 2.45) is 5.92 Å². The molecule has 2 aliphatic heterocycles. The van der Waals surface area contributed by atoms with Crippen molar-refractivity contribution in [3.63, 3.8) is 0 Å². The highest BCUT2D eigenvalue weighted by molar-refractivity contribution is 5.86. The molecule has 0 aliphatic carbocycles. The standard InChI is InChI=1S/C18H24N2O2/c1-18-12(11-21)4-3-8-20(18)9-7-14-15-10-13(22-2)5-6-16(15)19-17(14)18/h5-6,10,12,19,21H,3-4,7-9,11H2,1-2H3. The van der Waals surface area contributed by atoms with Gasteiger partial charge in [-0.05, 0) is 56.5 Å². The first-order chi connectivity index (χ1) is 10.7. The van der Waals surface area contributed by atoms with Gasteiger partial charge in [-0.3, -0.25) is 4.90 Å². The summed E-state index contributed by atoms with van der Waals surface area (Å²) in [6.45, 7) is 4.76. The molecular formula is C18H24N2O2. The van der Waals surface area contributed by atoms with Crippen LogP contribution in [0.25, 0.3) is 10.9 Å². The first kappa shape index (κ1) is 14.1. The molecule has 2 aromatic rings. The maximum absolute atomic E-state index is 9.92. The molecule has 4 nitrogen and oxygen atoms in total. The van der Waals surface area contributed by atoms with Gasteiger partial charge in [-0.15, -0.1) is 0 Å². The van der Waals surface area contributed by atoms with E-state index < -0.39 is 0 Å². The van der Waals surface area contributed by atoms with Crippen LogP contribution in [0.1, 0.15) is 31.0 Å². The normalized spacial score (nSPS) is 28.4. The second-order valence-electron chi connectivity index (χ2n) is 6.80. The second kappa shape index (κ2) is 5.00. The maximum atomic E-state index is 9.92. The van der Waals surface area contributed by atoms with Crippen molar-refractivity contribution in [3.8, 4) is 5.75 Å². The topological polar surface area (TPSA) is 48.5 Å². The van der Waals surface area contributed by atoms with Crippen LogP contribution in [0.4, 0.5) is 0 Å². The minimum atomic E-state index is -0.0765. The molecule has 2 aliphatic rings. The molecule has 1 aromatic heterocycles. The van der Waals surface area contributed by atoms with Crippen LogP contribution in [0.15, 0.2) is 18.2 Å². The van der Waals surface area contributed by atoms with Crippen molar-refractivity contribution in [1.82, 2.24) is 9.88 Å². The summed E-state index contributed by atoms with van der Waals surface area (Å²) in [6.07, 6.45) is 3.35. The van der Waals surface area contributed by atoms with Crippen molar-refractivity contribution in [2.45, 2.75) is 31.7 Å². The van der Waals surface area contributed by atoms with Gasteiger partial charge < -0.3 is 14.8 Å². The molecule has 4 rings (SSSR count). The summed E-state index contributed by atoms with van der Waals surface area (Å²) in [5, 5.41) is 11.2. The summed E-state index contributed by atoms with van der Waals surface area (Å²) in [6, 6.07) is 6.26. The van der Waals surface area contributed by atoms with Gasteiger partial charge in [-0.25, -0.2) is 0 Å². The first-order valence-electron chi connectivity index (χ1n) is 8.23. The highest BCUT2D eigenvalue weighted by atomic mass is 16.5. The predicted octanol–water partition coefficient (Wildman–Crippen LogP) is 2.65. The van der Waals surface area contributed by atoms with Crippen LogP contribution in [0, 0.1) is 5.92 Å². The van der Waals surface area contributed by atoms with Gasteiger partial charge in [0, 0.05) is 35.7 Å². The minimum absolute atomic E-state index is 0.0765. The quantitative estimate of drug-likeness (QED) is 0.896. The number of rotatable bonds is 2. The molecule has 1 aromatic carbocycles. The molecule has 1 fully saturated rings. The molecule has 22 heavy (non-hydrogen) atoms. The zero-order chi connectivity index (χ0) is 15.3. The van der Waals surface area contributed by atoms with E-state index in [-0.39, 0.29) is 12.1 Å². The largest absolute Gasteiger partial charge is 0.497 e. The third-order valence-corrected chi connectivity index (χ3v) is 5.90. The molecule has 0 bridgehead atoms. The van der Waals surface area contributed by atoms with Gasteiger partial charge in [-0.2, -0.15) is 0 Å². The Labute approximate surface area is 131 Å². The highest BCUT2D eigenvalue weighted by Crippen LogP contribution is 2.47. The number of aromatic nitrogens is 1. The Morgan fingerprint density at radius 3 is 3.05 bits per heavy atom. The van der Waals surface area contributed by atoms with E-state index in [2.05, 4.69) is 28.9 Å². The van der Waals surface area contributed by atoms with Crippen LogP contribution in [0.5, 0.6) is 5.75 Å². The van der Waals surface area contributed by atoms with Gasteiger partial charge in [0.1, 0.15) is 5.75 Å². The van der Waals surface area contributed by atoms with Gasteiger partial charge in [-0.1, -0.05) is 0 Å². The third kappa shape index (κ3) is 1.77. The van der Waals surface area contributed by atoms with Crippen molar-refractivity contribution < 1.29 is 9.84 Å². The average molecular weight is 300 g/mol. The van der Waals surface area contributed by atoms with Gasteiger partial charge in [0.05, 0.1) is 12.6 Å². The number of nitrogens with zero attached hydrogens (tertiary/aromatic N) is 1. The lowest BCUT2D eigenvalue weighted by molar-refractivity contribution is -0.0303. The molecule has 118 valence electrons. The predicted molar refractivity (Wildman–Crippen MR) is 87.3 cm³/mol. The van der Waals surface area contributed by atoms with E-state index in [1.54, 1.807) is 7.11 Å². The van der Waals surface area contributed by atoms with Crippen molar-refractivity contribution in [2.75, 3.05) is 26.8 Å². The number of nitrogens with one attached hydrogen (secondary N) is 1. The molecule has 2 unspecified atom stereocenters. The van der Waals surface area contributed by atoms with E-state index in [1.165, 1.54) is 28.6 Å². The lowest BCUT2D eigenvalue weighted by Crippen LogP contribution is -2.57. The van der Waals surface area contributed by atoms with Crippen molar-refractivity contribution >= 4 is 10.9 Å². The fourth-order valence-electron chi connectivity index (χ4n) is 4.57. The fourth-order valence-corrected chi connectivity index (χ4v) is 4.57. The van der Waals surface area contributed by atoms with E-state index in [1.807, 2.05) is 6.07 Å². The van der Waals surface area contributed by atoms with E-state index in [0.717, 1.165) is 31.7 Å². The number of aromatic amines is 1. The summed E-state index contributed by atoms with van der Waals surface area (Å²) in [7, 11) is 1.71. The third-order valence-electron chi connectivity index (χ3n) is 5.90. The molecule has 2 N–H and O–H groups in total. The van der Waals surface area contributed by atoms with E-state index in [9.17, 15) is 5.11 Å². The molecular weight excluding hydrogens is 276 g/mol. The Morgan fingerprint density at radius 2 is 2.27 bits per heavy atom. The molecule has 4 heteroatoms. The van der Waals surface area contributed by atoms with Crippen LogP contribution < -0.4 is 4.74 Å². The van der Waals surface area contributed by atoms with Gasteiger partial charge in [0.2, 0.25) is 0 Å².